The van der Waals surface area contributed by atoms with E-state index in [0.717, 1.165) is 39.8 Å². The average Bonchev–Trinajstić information content (AvgIpc) is 3.62. The van der Waals surface area contributed by atoms with Gasteiger partial charge in [0.25, 0.3) is 5.91 Å². The van der Waals surface area contributed by atoms with Gasteiger partial charge in [-0.2, -0.15) is 0 Å². The number of anilines is 1. The first-order valence-electron chi connectivity index (χ1n) is 15.0. The highest BCUT2D eigenvalue weighted by Gasteiger charge is 2.28. The van der Waals surface area contributed by atoms with Gasteiger partial charge in [0.15, 0.2) is 6.73 Å². The fraction of sp³-hybridized carbons (Fsp3) is 0.229. The molecule has 0 radical (unpaired) electrons. The fourth-order valence-corrected chi connectivity index (χ4v) is 6.15. The summed E-state index contributed by atoms with van der Waals surface area (Å²) in [7, 11) is -0.630. The summed E-state index contributed by atoms with van der Waals surface area (Å²) in [5, 5.41) is 3.26. The van der Waals surface area contributed by atoms with Crippen LogP contribution in [0.5, 0.6) is 5.75 Å². The zero-order valence-corrected chi connectivity index (χ0v) is 27.6. The molecule has 1 aliphatic rings. The number of fused-ring (bicyclic) bond motifs is 6. The smallest absolute Gasteiger partial charge is 0.255 e. The monoisotopic (exact) mass is 637 g/mol. The Kier molecular flexibility index (Phi) is 7.81. The van der Waals surface area contributed by atoms with Gasteiger partial charge in [-0.25, -0.2) is 13.4 Å². The number of aryl methyl sites for hydroxylation is 2. The van der Waals surface area contributed by atoms with Gasteiger partial charge < -0.3 is 19.0 Å². The summed E-state index contributed by atoms with van der Waals surface area (Å²) in [6.45, 7) is 8.24. The summed E-state index contributed by atoms with van der Waals surface area (Å²) in [6, 6.07) is 20.7. The van der Waals surface area contributed by atoms with Gasteiger partial charge in [-0.1, -0.05) is 43.7 Å². The van der Waals surface area contributed by atoms with Crippen molar-refractivity contribution in [3.8, 4) is 39.7 Å². The molecule has 0 unspecified atom stereocenters. The summed E-state index contributed by atoms with van der Waals surface area (Å²) < 4.78 is 41.2. The fourth-order valence-electron chi connectivity index (χ4n) is 5.64. The molecule has 1 aliphatic heterocycles. The molecule has 10 nitrogen and oxygen atoms in total. The van der Waals surface area contributed by atoms with E-state index < -0.39 is 10.0 Å². The molecule has 2 aromatic carbocycles. The van der Waals surface area contributed by atoms with Crippen LogP contribution in [0.25, 0.3) is 56.0 Å². The zero-order valence-electron chi connectivity index (χ0n) is 26.8. The number of aromatic nitrogens is 3. The first-order valence-corrected chi connectivity index (χ1v) is 16.8. The van der Waals surface area contributed by atoms with Crippen LogP contribution in [0.15, 0.2) is 71.1 Å². The number of carbonyl (C=O) groups excluding carboxylic acids is 1. The molecular weight excluding hydrogens is 602 g/mol. The lowest BCUT2D eigenvalue weighted by atomic mass is 10.00. The van der Waals surface area contributed by atoms with Crippen molar-refractivity contribution in [2.75, 3.05) is 24.7 Å². The molecule has 6 aromatic rings. The molecule has 1 N–H and O–H groups in total. The highest BCUT2D eigenvalue weighted by atomic mass is 32.2. The molecule has 236 valence electrons. The Morgan fingerprint density at radius 1 is 0.978 bits per heavy atom. The number of benzene rings is 2. The Labute approximate surface area is 267 Å². The maximum atomic E-state index is 13.3. The van der Waals surface area contributed by atoms with Crippen molar-refractivity contribution in [3.05, 3.63) is 83.6 Å². The molecule has 1 amide bonds. The normalized spacial score (nSPS) is 12.2. The summed E-state index contributed by atoms with van der Waals surface area (Å²) >= 11 is 0. The largest absolute Gasteiger partial charge is 0.470 e. The van der Waals surface area contributed by atoms with Crippen molar-refractivity contribution >= 4 is 43.6 Å². The molecule has 0 atom stereocenters. The molecule has 11 heteroatoms. The molecule has 5 heterocycles. The SMILES string of the molecule is CC.CNC(=O)c1c(-c2ccc(C)cc2)oc2cc(N(C)S(C)(=O)=O)c(-c3ccc4c(n3)-c3cc5nc(C)ccc5n3CO4)cc12. The van der Waals surface area contributed by atoms with Crippen molar-refractivity contribution in [2.45, 2.75) is 34.4 Å². The highest BCUT2D eigenvalue weighted by Crippen LogP contribution is 2.43. The number of nitrogens with zero attached hydrogens (tertiary/aromatic N) is 4. The third kappa shape index (κ3) is 5.16. The maximum absolute atomic E-state index is 13.3. The molecule has 4 aromatic heterocycles. The van der Waals surface area contributed by atoms with E-state index in [1.54, 1.807) is 25.2 Å². The number of amides is 1. The predicted molar refractivity (Wildman–Crippen MR) is 182 cm³/mol. The van der Waals surface area contributed by atoms with E-state index in [4.69, 9.17) is 14.1 Å². The van der Waals surface area contributed by atoms with Crippen molar-refractivity contribution in [1.29, 1.82) is 0 Å². The second-order valence-electron chi connectivity index (χ2n) is 11.0. The number of hydrogen-bond donors (Lipinski definition) is 1. The molecule has 0 saturated heterocycles. The van der Waals surface area contributed by atoms with Crippen molar-refractivity contribution in [3.63, 3.8) is 0 Å². The van der Waals surface area contributed by atoms with Crippen LogP contribution >= 0.6 is 0 Å². The van der Waals surface area contributed by atoms with Crippen molar-refractivity contribution in [1.82, 2.24) is 19.9 Å². The number of hydrogen-bond acceptors (Lipinski definition) is 7. The number of furan rings is 1. The third-order valence-corrected chi connectivity index (χ3v) is 9.23. The first-order chi connectivity index (χ1) is 22.0. The molecule has 0 fully saturated rings. The molecule has 46 heavy (non-hydrogen) atoms. The topological polar surface area (TPSA) is 120 Å². The predicted octanol–water partition coefficient (Wildman–Crippen LogP) is 6.93. The van der Waals surface area contributed by atoms with Crippen molar-refractivity contribution in [2.24, 2.45) is 0 Å². The minimum absolute atomic E-state index is 0.317. The summed E-state index contributed by atoms with van der Waals surface area (Å²) in [5.41, 5.74) is 8.01. The van der Waals surface area contributed by atoms with Crippen LogP contribution in [-0.4, -0.2) is 49.2 Å². The van der Waals surface area contributed by atoms with E-state index >= 15 is 0 Å². The maximum Gasteiger partial charge on any atom is 0.255 e. The lowest BCUT2D eigenvalue weighted by Gasteiger charge is -2.23. The van der Waals surface area contributed by atoms with Crippen molar-refractivity contribution < 1.29 is 22.4 Å². The second-order valence-corrected chi connectivity index (χ2v) is 13.0. The van der Waals surface area contributed by atoms with E-state index in [9.17, 15) is 13.2 Å². The Bertz CT molecular complexity index is 2250. The van der Waals surface area contributed by atoms with E-state index in [1.165, 1.54) is 11.4 Å². The number of pyridine rings is 2. The van der Waals surface area contributed by atoms with Crippen LogP contribution in [0.3, 0.4) is 0 Å². The van der Waals surface area contributed by atoms with Gasteiger partial charge in [0.05, 0.1) is 39.9 Å². The van der Waals surface area contributed by atoms with Gasteiger partial charge in [0.1, 0.15) is 22.8 Å². The number of rotatable bonds is 5. The minimum atomic E-state index is -3.68. The number of carbonyl (C=O) groups is 1. The molecule has 7 rings (SSSR count). The van der Waals surface area contributed by atoms with Gasteiger partial charge in [-0.15, -0.1) is 0 Å². The quantitative estimate of drug-likeness (QED) is 0.218. The summed E-state index contributed by atoms with van der Waals surface area (Å²) in [6.07, 6.45) is 1.14. The highest BCUT2D eigenvalue weighted by molar-refractivity contribution is 7.92. The molecule has 0 aliphatic carbocycles. The van der Waals surface area contributed by atoms with Crippen LogP contribution < -0.4 is 14.4 Å². The second kappa shape index (κ2) is 11.6. The average molecular weight is 638 g/mol. The lowest BCUT2D eigenvalue weighted by Crippen LogP contribution is -2.25. The van der Waals surface area contributed by atoms with Crippen LogP contribution in [0.1, 0.15) is 35.5 Å². The van der Waals surface area contributed by atoms with Gasteiger partial charge in [0.2, 0.25) is 10.0 Å². The molecule has 0 spiro atoms. The Morgan fingerprint density at radius 3 is 2.41 bits per heavy atom. The minimum Gasteiger partial charge on any atom is -0.470 e. The van der Waals surface area contributed by atoms with Gasteiger partial charge in [-0.3, -0.25) is 14.1 Å². The molecule has 0 bridgehead atoms. The summed E-state index contributed by atoms with van der Waals surface area (Å²) in [4.78, 5) is 23.0. The van der Waals surface area contributed by atoms with Gasteiger partial charge in [0, 0.05) is 42.4 Å². The van der Waals surface area contributed by atoms with Crippen LogP contribution in [0, 0.1) is 13.8 Å². The van der Waals surface area contributed by atoms with Gasteiger partial charge in [-0.05, 0) is 50.2 Å². The van der Waals surface area contributed by atoms with Gasteiger partial charge >= 0.3 is 0 Å². The summed E-state index contributed by atoms with van der Waals surface area (Å²) in [5.74, 6) is 0.674. The first kappa shape index (κ1) is 30.8. The van der Waals surface area contributed by atoms with Crippen LogP contribution in [0.2, 0.25) is 0 Å². The zero-order chi connectivity index (χ0) is 32.9. The number of nitrogens with one attached hydrogen (secondary N) is 1. The third-order valence-electron chi connectivity index (χ3n) is 8.03. The van der Waals surface area contributed by atoms with Crippen LogP contribution in [-0.2, 0) is 16.8 Å². The van der Waals surface area contributed by atoms with E-state index in [2.05, 4.69) is 10.3 Å². The van der Waals surface area contributed by atoms with E-state index in [1.807, 2.05) is 80.8 Å². The molecule has 0 saturated carbocycles. The Morgan fingerprint density at radius 2 is 1.72 bits per heavy atom. The Hall–Kier alpha value is -5.16. The Balaban J connectivity index is 0.00000182. The lowest BCUT2D eigenvalue weighted by molar-refractivity contribution is 0.0964. The van der Waals surface area contributed by atoms with E-state index in [-0.39, 0.29) is 5.91 Å². The molecular formula is C35H35N5O5S. The number of ether oxygens (including phenoxy) is 1. The van der Waals surface area contributed by atoms with Crippen LogP contribution in [0.4, 0.5) is 5.69 Å². The van der Waals surface area contributed by atoms with E-state index in [0.29, 0.717) is 57.4 Å². The standard InChI is InChI=1S/C33H29N5O5S.C2H6/c1-18-6-9-20(10-7-18)32-30(33(39)34-3)22-14-21(26(16-29(22)43-32)37(4)44(5,40)41)23-11-13-28-31(36-23)27-15-24-25(38(27)17-42-28)12-8-19(2)35-24;1-2/h6-16H,17H2,1-5H3,(H,34,39);1-2H3. The number of sulfonamides is 1.